The summed E-state index contributed by atoms with van der Waals surface area (Å²) < 4.78 is 5.45. The number of aromatic nitrogens is 2. The summed E-state index contributed by atoms with van der Waals surface area (Å²) in [6, 6.07) is 0. The van der Waals surface area contributed by atoms with Crippen LogP contribution in [0.3, 0.4) is 0 Å². The van der Waals surface area contributed by atoms with Crippen LogP contribution in [0, 0.1) is 5.41 Å². The maximum Gasteiger partial charge on any atom is 0.310 e. The lowest BCUT2D eigenvalue weighted by molar-refractivity contribution is -0.148. The van der Waals surface area contributed by atoms with Gasteiger partial charge in [0.15, 0.2) is 0 Å². The third kappa shape index (κ3) is 2.38. The topological polar surface area (TPSA) is 79.5 Å². The molecule has 0 saturated carbocycles. The van der Waals surface area contributed by atoms with Gasteiger partial charge in [-0.15, -0.1) is 10.2 Å². The molecular weight excluding hydrogens is 234 g/mol. The molecule has 1 N–H and O–H groups in total. The van der Waals surface area contributed by atoms with E-state index in [4.69, 9.17) is 4.42 Å². The number of carbonyl (C=O) groups is 1. The van der Waals surface area contributed by atoms with Crippen LogP contribution in [0.5, 0.6) is 0 Å². The SMILES string of the molecule is CCc1nnc(CN2CCC(CC)(C(=O)O)C2)o1. The first-order chi connectivity index (χ1) is 8.59. The number of rotatable bonds is 5. The minimum Gasteiger partial charge on any atom is -0.481 e. The van der Waals surface area contributed by atoms with Crippen molar-refractivity contribution < 1.29 is 14.3 Å². The normalized spacial score (nSPS) is 24.6. The molecule has 0 aliphatic carbocycles. The minimum absolute atomic E-state index is 0.544. The smallest absolute Gasteiger partial charge is 0.310 e. The molecule has 1 aromatic heterocycles. The molecule has 2 heterocycles. The van der Waals surface area contributed by atoms with Crippen LogP contribution < -0.4 is 0 Å². The average molecular weight is 253 g/mol. The van der Waals surface area contributed by atoms with E-state index >= 15 is 0 Å². The molecule has 1 fully saturated rings. The van der Waals surface area contributed by atoms with Crippen LogP contribution in [0.15, 0.2) is 4.42 Å². The highest BCUT2D eigenvalue weighted by atomic mass is 16.4. The van der Waals surface area contributed by atoms with E-state index in [1.54, 1.807) is 0 Å². The molecule has 0 spiro atoms. The Morgan fingerprint density at radius 3 is 2.67 bits per heavy atom. The van der Waals surface area contributed by atoms with Gasteiger partial charge >= 0.3 is 5.97 Å². The Morgan fingerprint density at radius 2 is 2.17 bits per heavy atom. The molecule has 1 aliphatic rings. The van der Waals surface area contributed by atoms with Crippen LogP contribution in [-0.4, -0.2) is 39.3 Å². The monoisotopic (exact) mass is 253 g/mol. The van der Waals surface area contributed by atoms with Crippen molar-refractivity contribution in [3.8, 4) is 0 Å². The molecular formula is C12H19N3O3. The van der Waals surface area contributed by atoms with Crippen molar-refractivity contribution in [1.29, 1.82) is 0 Å². The number of carboxylic acid groups (broad SMARTS) is 1. The molecule has 18 heavy (non-hydrogen) atoms. The summed E-state index contributed by atoms with van der Waals surface area (Å²) in [5.41, 5.74) is -0.604. The summed E-state index contributed by atoms with van der Waals surface area (Å²) in [7, 11) is 0. The van der Waals surface area contributed by atoms with E-state index in [-0.39, 0.29) is 0 Å². The first-order valence-electron chi connectivity index (χ1n) is 6.36. The second-order valence-corrected chi connectivity index (χ2v) is 4.84. The summed E-state index contributed by atoms with van der Waals surface area (Å²) in [5.74, 6) is 0.501. The number of carboxylic acids is 1. The molecule has 1 aromatic rings. The van der Waals surface area contributed by atoms with Crippen LogP contribution >= 0.6 is 0 Å². The van der Waals surface area contributed by atoms with E-state index in [1.807, 2.05) is 13.8 Å². The number of aliphatic carboxylic acids is 1. The van der Waals surface area contributed by atoms with Crippen molar-refractivity contribution in [2.24, 2.45) is 5.41 Å². The molecule has 2 rings (SSSR count). The zero-order chi connectivity index (χ0) is 13.2. The van der Waals surface area contributed by atoms with E-state index in [1.165, 1.54) is 0 Å². The van der Waals surface area contributed by atoms with Gasteiger partial charge in [-0.25, -0.2) is 0 Å². The van der Waals surface area contributed by atoms with Crippen molar-refractivity contribution >= 4 is 5.97 Å². The van der Waals surface area contributed by atoms with Gasteiger partial charge in [-0.2, -0.15) is 0 Å². The Labute approximate surface area is 106 Å². The number of aryl methyl sites for hydroxylation is 1. The van der Waals surface area contributed by atoms with E-state index in [0.717, 1.165) is 13.0 Å². The Balaban J connectivity index is 1.98. The van der Waals surface area contributed by atoms with Crippen LogP contribution in [0.2, 0.25) is 0 Å². The molecule has 1 aliphatic heterocycles. The largest absolute Gasteiger partial charge is 0.481 e. The molecule has 1 saturated heterocycles. The van der Waals surface area contributed by atoms with E-state index in [9.17, 15) is 9.90 Å². The average Bonchev–Trinajstić information content (AvgIpc) is 2.97. The van der Waals surface area contributed by atoms with E-state index in [2.05, 4.69) is 15.1 Å². The van der Waals surface area contributed by atoms with Gasteiger partial charge in [0.25, 0.3) is 0 Å². The Kier molecular flexibility index (Phi) is 3.65. The molecule has 0 aromatic carbocycles. The predicted octanol–water partition coefficient (Wildman–Crippen LogP) is 1.32. The zero-order valence-electron chi connectivity index (χ0n) is 10.8. The van der Waals surface area contributed by atoms with Crippen molar-refractivity contribution in [1.82, 2.24) is 15.1 Å². The van der Waals surface area contributed by atoms with Crippen LogP contribution in [0.25, 0.3) is 0 Å². The predicted molar refractivity (Wildman–Crippen MR) is 63.9 cm³/mol. The Bertz CT molecular complexity index is 432. The van der Waals surface area contributed by atoms with E-state index in [0.29, 0.717) is 37.7 Å². The molecule has 100 valence electrons. The van der Waals surface area contributed by atoms with Gasteiger partial charge in [0, 0.05) is 13.0 Å². The third-order valence-electron chi connectivity index (χ3n) is 3.73. The molecule has 6 nitrogen and oxygen atoms in total. The van der Waals surface area contributed by atoms with Crippen LogP contribution in [0.1, 0.15) is 38.5 Å². The second kappa shape index (κ2) is 5.06. The number of hydrogen-bond acceptors (Lipinski definition) is 5. The van der Waals surface area contributed by atoms with Crippen LogP contribution in [0.4, 0.5) is 0 Å². The van der Waals surface area contributed by atoms with Gasteiger partial charge < -0.3 is 9.52 Å². The highest BCUT2D eigenvalue weighted by Gasteiger charge is 2.43. The zero-order valence-corrected chi connectivity index (χ0v) is 10.8. The van der Waals surface area contributed by atoms with Crippen LogP contribution in [-0.2, 0) is 17.8 Å². The molecule has 0 bridgehead atoms. The highest BCUT2D eigenvalue weighted by Crippen LogP contribution is 2.34. The first-order valence-corrected chi connectivity index (χ1v) is 6.36. The van der Waals surface area contributed by atoms with Gasteiger partial charge in [-0.05, 0) is 19.4 Å². The Hall–Kier alpha value is -1.43. The van der Waals surface area contributed by atoms with Crippen molar-refractivity contribution in [3.63, 3.8) is 0 Å². The second-order valence-electron chi connectivity index (χ2n) is 4.84. The summed E-state index contributed by atoms with van der Waals surface area (Å²) in [4.78, 5) is 13.4. The lowest BCUT2D eigenvalue weighted by atomic mass is 9.84. The fourth-order valence-electron chi connectivity index (χ4n) is 2.39. The molecule has 0 radical (unpaired) electrons. The maximum absolute atomic E-state index is 11.3. The summed E-state index contributed by atoms with van der Waals surface area (Å²) in [6.07, 6.45) is 2.07. The molecule has 0 amide bonds. The fourth-order valence-corrected chi connectivity index (χ4v) is 2.39. The lowest BCUT2D eigenvalue weighted by Crippen LogP contribution is -2.33. The number of nitrogens with zero attached hydrogens (tertiary/aromatic N) is 3. The van der Waals surface area contributed by atoms with Gasteiger partial charge in [0.2, 0.25) is 11.8 Å². The Morgan fingerprint density at radius 1 is 1.44 bits per heavy atom. The fraction of sp³-hybridized carbons (Fsp3) is 0.750. The van der Waals surface area contributed by atoms with Crippen molar-refractivity contribution in [3.05, 3.63) is 11.8 Å². The maximum atomic E-state index is 11.3. The van der Waals surface area contributed by atoms with Crippen molar-refractivity contribution in [2.75, 3.05) is 13.1 Å². The van der Waals surface area contributed by atoms with Gasteiger partial charge in [0.1, 0.15) is 0 Å². The standard InChI is InChI=1S/C12H19N3O3/c1-3-9-13-14-10(18-9)7-15-6-5-12(4-2,8-15)11(16)17/h3-8H2,1-2H3,(H,16,17). The van der Waals surface area contributed by atoms with Gasteiger partial charge in [0.05, 0.1) is 12.0 Å². The molecule has 6 heteroatoms. The van der Waals surface area contributed by atoms with Gasteiger partial charge in [-0.3, -0.25) is 9.69 Å². The summed E-state index contributed by atoms with van der Waals surface area (Å²) in [5, 5.41) is 17.2. The summed E-state index contributed by atoms with van der Waals surface area (Å²) in [6.45, 7) is 5.76. The highest BCUT2D eigenvalue weighted by molar-refractivity contribution is 5.75. The number of hydrogen-bond donors (Lipinski definition) is 1. The third-order valence-corrected chi connectivity index (χ3v) is 3.73. The molecule has 1 unspecified atom stereocenters. The minimum atomic E-state index is -0.702. The van der Waals surface area contributed by atoms with Crippen molar-refractivity contribution in [2.45, 2.75) is 39.7 Å². The quantitative estimate of drug-likeness (QED) is 0.852. The first kappa shape index (κ1) is 13.0. The van der Waals surface area contributed by atoms with E-state index < -0.39 is 11.4 Å². The lowest BCUT2D eigenvalue weighted by Gasteiger charge is -2.22. The molecule has 1 atom stereocenters. The van der Waals surface area contributed by atoms with Gasteiger partial charge in [-0.1, -0.05) is 13.8 Å². The summed E-state index contributed by atoms with van der Waals surface area (Å²) >= 11 is 0. The number of likely N-dealkylation sites (tertiary alicyclic amines) is 1.